The Bertz CT molecular complexity index is 543. The highest BCUT2D eigenvalue weighted by molar-refractivity contribution is 7.92. The molecule has 0 bridgehead atoms. The number of halogens is 1. The van der Waals surface area contributed by atoms with Gasteiger partial charge in [-0.25, -0.2) is 8.42 Å². The van der Waals surface area contributed by atoms with Gasteiger partial charge in [-0.1, -0.05) is 12.1 Å². The molecule has 4 nitrogen and oxygen atoms in total. The molecule has 0 spiro atoms. The van der Waals surface area contributed by atoms with E-state index in [2.05, 4.69) is 0 Å². The number of hydrogen-bond donors (Lipinski definition) is 0. The van der Waals surface area contributed by atoms with Crippen LogP contribution in [0.2, 0.25) is 0 Å². The number of hydrogen-bond acceptors (Lipinski definition) is 3. The molecule has 0 fully saturated rings. The minimum Gasteiger partial charge on any atom is -0.281 e. The molecule has 6 heteroatoms. The Morgan fingerprint density at radius 2 is 2.05 bits per heavy atom. The summed E-state index contributed by atoms with van der Waals surface area (Å²) in [7, 11) is -3.42. The van der Waals surface area contributed by atoms with Gasteiger partial charge >= 0.3 is 0 Å². The SMILES string of the molecule is CCN(c1cccc(C)c1)S(=O)(=O)CCCC(=O)Cl. The van der Waals surface area contributed by atoms with Crippen LogP contribution in [0.5, 0.6) is 0 Å². The van der Waals surface area contributed by atoms with Crippen LogP contribution < -0.4 is 4.31 Å². The number of benzene rings is 1. The number of carbonyl (C=O) groups is 1. The summed E-state index contributed by atoms with van der Waals surface area (Å²) in [6.45, 7) is 4.06. The smallest absolute Gasteiger partial charge is 0.235 e. The maximum absolute atomic E-state index is 12.2. The summed E-state index contributed by atoms with van der Waals surface area (Å²) in [6, 6.07) is 7.33. The quantitative estimate of drug-likeness (QED) is 0.728. The van der Waals surface area contributed by atoms with Gasteiger partial charge in [0, 0.05) is 13.0 Å². The lowest BCUT2D eigenvalue weighted by atomic mass is 10.2. The Morgan fingerprint density at radius 3 is 2.58 bits per heavy atom. The summed E-state index contributed by atoms with van der Waals surface area (Å²) >= 11 is 5.21. The fraction of sp³-hybridized carbons (Fsp3) is 0.462. The molecular weight excluding hydrogens is 286 g/mol. The molecule has 0 aromatic heterocycles. The molecule has 1 aromatic rings. The summed E-state index contributed by atoms with van der Waals surface area (Å²) in [5.41, 5.74) is 1.65. The number of nitrogens with zero attached hydrogens (tertiary/aromatic N) is 1. The van der Waals surface area contributed by atoms with Gasteiger partial charge < -0.3 is 0 Å². The van der Waals surface area contributed by atoms with Crippen molar-refractivity contribution in [3.05, 3.63) is 29.8 Å². The molecule has 0 amide bonds. The van der Waals surface area contributed by atoms with Crippen LogP contribution in [0.15, 0.2) is 24.3 Å². The standard InChI is InChI=1S/C13H18ClNO3S/c1-3-15(12-7-4-6-11(2)10-12)19(17,18)9-5-8-13(14)16/h4,6-7,10H,3,5,8-9H2,1-2H3. The molecule has 0 saturated heterocycles. The highest BCUT2D eigenvalue weighted by Crippen LogP contribution is 2.20. The molecule has 0 N–H and O–H groups in total. The molecule has 0 unspecified atom stereocenters. The molecular formula is C13H18ClNO3S. The van der Waals surface area contributed by atoms with Crippen molar-refractivity contribution in [2.75, 3.05) is 16.6 Å². The van der Waals surface area contributed by atoms with Crippen LogP contribution in [0.4, 0.5) is 5.69 Å². The van der Waals surface area contributed by atoms with Crippen molar-refractivity contribution >= 4 is 32.6 Å². The highest BCUT2D eigenvalue weighted by Gasteiger charge is 2.20. The van der Waals surface area contributed by atoms with Crippen LogP contribution in [0.1, 0.15) is 25.3 Å². The van der Waals surface area contributed by atoms with Crippen molar-refractivity contribution in [3.8, 4) is 0 Å². The van der Waals surface area contributed by atoms with Crippen molar-refractivity contribution in [1.29, 1.82) is 0 Å². The topological polar surface area (TPSA) is 54.5 Å². The zero-order chi connectivity index (χ0) is 14.5. The Kier molecular flexibility index (Phi) is 5.82. The van der Waals surface area contributed by atoms with Crippen LogP contribution in [-0.4, -0.2) is 26.0 Å². The second kappa shape index (κ2) is 6.91. The first-order valence-electron chi connectivity index (χ1n) is 6.12. The third-order valence-electron chi connectivity index (χ3n) is 2.69. The lowest BCUT2D eigenvalue weighted by molar-refractivity contribution is -0.111. The zero-order valence-electron chi connectivity index (χ0n) is 11.1. The van der Waals surface area contributed by atoms with Gasteiger partial charge in [0.25, 0.3) is 0 Å². The number of rotatable bonds is 7. The summed E-state index contributed by atoms with van der Waals surface area (Å²) in [4.78, 5) is 10.6. The first kappa shape index (κ1) is 16.0. The van der Waals surface area contributed by atoms with E-state index in [4.69, 9.17) is 11.6 Å². The van der Waals surface area contributed by atoms with Gasteiger partial charge in [-0.15, -0.1) is 0 Å². The minimum absolute atomic E-state index is 0.0756. The molecule has 0 heterocycles. The first-order chi connectivity index (χ1) is 8.86. The summed E-state index contributed by atoms with van der Waals surface area (Å²) in [5, 5.41) is -0.506. The van der Waals surface area contributed by atoms with E-state index in [0.29, 0.717) is 12.2 Å². The Morgan fingerprint density at radius 1 is 1.37 bits per heavy atom. The van der Waals surface area contributed by atoms with Crippen LogP contribution in [0.25, 0.3) is 0 Å². The molecule has 0 aliphatic carbocycles. The number of sulfonamides is 1. The normalized spacial score (nSPS) is 11.3. The number of anilines is 1. The molecule has 0 aliphatic rings. The molecule has 0 atom stereocenters. The maximum Gasteiger partial charge on any atom is 0.235 e. The lowest BCUT2D eigenvalue weighted by Gasteiger charge is -2.23. The van der Waals surface area contributed by atoms with E-state index in [1.54, 1.807) is 13.0 Å². The van der Waals surface area contributed by atoms with E-state index in [1.807, 2.05) is 25.1 Å². The van der Waals surface area contributed by atoms with Gasteiger partial charge in [0.15, 0.2) is 0 Å². The van der Waals surface area contributed by atoms with Crippen molar-refractivity contribution in [2.45, 2.75) is 26.7 Å². The predicted molar refractivity (Wildman–Crippen MR) is 78.1 cm³/mol. The molecule has 0 aliphatic heterocycles. The van der Waals surface area contributed by atoms with Crippen LogP contribution in [0, 0.1) is 6.92 Å². The van der Waals surface area contributed by atoms with E-state index in [1.165, 1.54) is 4.31 Å². The first-order valence-corrected chi connectivity index (χ1v) is 8.11. The van der Waals surface area contributed by atoms with E-state index in [9.17, 15) is 13.2 Å². The Balaban J connectivity index is 2.86. The van der Waals surface area contributed by atoms with Crippen molar-refractivity contribution in [1.82, 2.24) is 0 Å². The van der Waals surface area contributed by atoms with E-state index in [0.717, 1.165) is 5.56 Å². The average Bonchev–Trinajstić information content (AvgIpc) is 2.28. The third-order valence-corrected chi connectivity index (χ3v) is 4.82. The molecule has 1 aromatic carbocycles. The minimum atomic E-state index is -3.42. The third kappa shape index (κ3) is 4.84. The van der Waals surface area contributed by atoms with Gasteiger partial charge in [0.1, 0.15) is 0 Å². The van der Waals surface area contributed by atoms with Gasteiger partial charge in [0.2, 0.25) is 15.3 Å². The van der Waals surface area contributed by atoms with Gasteiger partial charge in [-0.05, 0) is 49.6 Å². The van der Waals surface area contributed by atoms with Gasteiger partial charge in [-0.3, -0.25) is 9.10 Å². The summed E-state index contributed by atoms with van der Waals surface area (Å²) in [5.74, 6) is -0.0761. The van der Waals surface area contributed by atoms with Crippen molar-refractivity contribution < 1.29 is 13.2 Å². The number of aryl methyl sites for hydroxylation is 1. The van der Waals surface area contributed by atoms with Gasteiger partial charge in [-0.2, -0.15) is 0 Å². The highest BCUT2D eigenvalue weighted by atomic mass is 35.5. The summed E-state index contributed by atoms with van der Waals surface area (Å²) in [6.07, 6.45) is 0.319. The van der Waals surface area contributed by atoms with E-state index < -0.39 is 15.3 Å². The van der Waals surface area contributed by atoms with E-state index >= 15 is 0 Å². The van der Waals surface area contributed by atoms with Gasteiger partial charge in [0.05, 0.1) is 11.4 Å². The lowest BCUT2D eigenvalue weighted by Crippen LogP contribution is -2.33. The largest absolute Gasteiger partial charge is 0.281 e. The molecule has 106 valence electrons. The maximum atomic E-state index is 12.2. The fourth-order valence-electron chi connectivity index (χ4n) is 1.83. The second-order valence-corrected chi connectivity index (χ2v) is 6.71. The van der Waals surface area contributed by atoms with E-state index in [-0.39, 0.29) is 18.6 Å². The fourth-order valence-corrected chi connectivity index (χ4v) is 3.52. The van der Waals surface area contributed by atoms with Crippen molar-refractivity contribution in [2.24, 2.45) is 0 Å². The monoisotopic (exact) mass is 303 g/mol. The molecule has 0 radical (unpaired) electrons. The Labute approximate surface area is 119 Å². The molecule has 19 heavy (non-hydrogen) atoms. The Hall–Kier alpha value is -1.07. The predicted octanol–water partition coefficient (Wildman–Crippen LogP) is 2.70. The average molecular weight is 304 g/mol. The zero-order valence-corrected chi connectivity index (χ0v) is 12.7. The van der Waals surface area contributed by atoms with Crippen LogP contribution in [-0.2, 0) is 14.8 Å². The molecule has 1 rings (SSSR count). The van der Waals surface area contributed by atoms with Crippen LogP contribution >= 0.6 is 11.6 Å². The second-order valence-electron chi connectivity index (χ2n) is 4.28. The number of carbonyl (C=O) groups excluding carboxylic acids is 1. The molecule has 0 saturated carbocycles. The van der Waals surface area contributed by atoms with Crippen molar-refractivity contribution in [3.63, 3.8) is 0 Å². The summed E-state index contributed by atoms with van der Waals surface area (Å²) < 4.78 is 25.8. The van der Waals surface area contributed by atoms with Crippen LogP contribution in [0.3, 0.4) is 0 Å².